The van der Waals surface area contributed by atoms with Crippen LogP contribution in [0.4, 0.5) is 0 Å². The van der Waals surface area contributed by atoms with Crippen molar-refractivity contribution in [2.24, 2.45) is 0 Å². The zero-order valence-electron chi connectivity index (χ0n) is 6.62. The molecule has 0 saturated carbocycles. The molecule has 11 heavy (non-hydrogen) atoms. The summed E-state index contributed by atoms with van der Waals surface area (Å²) in [6.45, 7) is 2.00. The lowest BCUT2D eigenvalue weighted by Gasteiger charge is -2.08. The summed E-state index contributed by atoms with van der Waals surface area (Å²) in [7, 11) is -3.67. The Morgan fingerprint density at radius 1 is 1.18 bits per heavy atom. The largest absolute Gasteiger partial charge is 0.381 e. The van der Waals surface area contributed by atoms with Crippen molar-refractivity contribution in [3.63, 3.8) is 0 Å². The monoisotopic (exact) mass is 182 g/mol. The minimum absolute atomic E-state index is 0.715. The van der Waals surface area contributed by atoms with E-state index < -0.39 is 10.1 Å². The minimum atomic E-state index is -3.67. The second-order valence-corrected chi connectivity index (χ2v) is 3.87. The molecular weight excluding hydrogens is 168 g/mol. The molecule has 1 aliphatic rings. The highest BCUT2D eigenvalue weighted by Gasteiger charge is 1.95. The van der Waals surface area contributed by atoms with Crippen molar-refractivity contribution < 1.29 is 17.7 Å². The van der Waals surface area contributed by atoms with Crippen LogP contribution in [0.2, 0.25) is 0 Å². The van der Waals surface area contributed by atoms with E-state index in [0.717, 1.165) is 13.2 Å². The first-order valence-electron chi connectivity index (χ1n) is 3.50. The molecule has 0 aliphatic carbocycles. The van der Waals surface area contributed by atoms with Crippen LogP contribution in [-0.4, -0.2) is 32.4 Å². The fourth-order valence-corrected chi connectivity index (χ4v) is 0.687. The van der Waals surface area contributed by atoms with Crippen molar-refractivity contribution in [3.05, 3.63) is 0 Å². The van der Waals surface area contributed by atoms with Crippen molar-refractivity contribution in [1.82, 2.24) is 0 Å². The highest BCUT2D eigenvalue weighted by molar-refractivity contribution is 7.85. The highest BCUT2D eigenvalue weighted by Crippen LogP contribution is 2.02. The molecule has 0 amide bonds. The molecule has 0 aromatic rings. The fraction of sp³-hybridized carbons (Fsp3) is 1.00. The molecule has 68 valence electrons. The van der Waals surface area contributed by atoms with E-state index in [1.807, 2.05) is 0 Å². The number of hydrogen-bond acceptors (Lipinski definition) is 3. The van der Waals surface area contributed by atoms with Gasteiger partial charge in [-0.3, -0.25) is 4.55 Å². The van der Waals surface area contributed by atoms with E-state index in [-0.39, 0.29) is 0 Å². The quantitative estimate of drug-likeness (QED) is 0.560. The smallest absolute Gasteiger partial charge is 0.261 e. The van der Waals surface area contributed by atoms with Gasteiger partial charge in [0.15, 0.2) is 0 Å². The summed E-state index contributed by atoms with van der Waals surface area (Å²) in [5, 5.41) is 0. The maximum Gasteiger partial charge on any atom is 0.261 e. The van der Waals surface area contributed by atoms with Gasteiger partial charge in [0.1, 0.15) is 0 Å². The standard InChI is InChI=1S/C5H10O.CH4O3S/c1-2-4-6-5-3-1;1-5(2,3)4/h1-5H2;1H3,(H,2,3,4). The molecule has 1 aliphatic heterocycles. The van der Waals surface area contributed by atoms with Gasteiger partial charge in [-0.2, -0.15) is 8.42 Å². The first-order valence-corrected chi connectivity index (χ1v) is 5.35. The van der Waals surface area contributed by atoms with Crippen molar-refractivity contribution in [2.45, 2.75) is 19.3 Å². The molecule has 0 aromatic heterocycles. The fourth-order valence-electron chi connectivity index (χ4n) is 0.687. The van der Waals surface area contributed by atoms with Gasteiger partial charge < -0.3 is 4.74 Å². The topological polar surface area (TPSA) is 63.6 Å². The van der Waals surface area contributed by atoms with E-state index in [0.29, 0.717) is 6.26 Å². The first kappa shape index (κ1) is 10.9. The lowest BCUT2D eigenvalue weighted by Crippen LogP contribution is -2.03. The summed E-state index contributed by atoms with van der Waals surface area (Å²) in [6.07, 6.45) is 4.65. The summed E-state index contributed by atoms with van der Waals surface area (Å²) in [5.41, 5.74) is 0. The maximum absolute atomic E-state index is 9.19. The lowest BCUT2D eigenvalue weighted by molar-refractivity contribution is 0.0968. The van der Waals surface area contributed by atoms with Crippen LogP contribution >= 0.6 is 0 Å². The minimum Gasteiger partial charge on any atom is -0.381 e. The van der Waals surface area contributed by atoms with Gasteiger partial charge in [-0.05, 0) is 19.3 Å². The van der Waals surface area contributed by atoms with Crippen LogP contribution in [0.3, 0.4) is 0 Å². The Balaban J connectivity index is 0.000000187. The van der Waals surface area contributed by atoms with E-state index in [1.54, 1.807) is 0 Å². The molecule has 1 saturated heterocycles. The number of rotatable bonds is 0. The normalized spacial score (nSPS) is 18.4. The van der Waals surface area contributed by atoms with Gasteiger partial charge in [0.25, 0.3) is 10.1 Å². The van der Waals surface area contributed by atoms with Crippen LogP contribution in [0.1, 0.15) is 19.3 Å². The molecule has 1 fully saturated rings. The average molecular weight is 182 g/mol. The molecule has 0 unspecified atom stereocenters. The SMILES string of the molecule is C1CCOCC1.CS(=O)(=O)O. The van der Waals surface area contributed by atoms with Gasteiger partial charge >= 0.3 is 0 Å². The van der Waals surface area contributed by atoms with Gasteiger partial charge in [0.05, 0.1) is 6.26 Å². The Bertz CT molecular complexity index is 150. The number of ether oxygens (including phenoxy) is 1. The third-order valence-corrected chi connectivity index (χ3v) is 1.08. The van der Waals surface area contributed by atoms with Crippen molar-refractivity contribution in [2.75, 3.05) is 19.5 Å². The second kappa shape index (κ2) is 5.51. The second-order valence-electron chi connectivity index (χ2n) is 2.41. The average Bonchev–Trinajstić information content (AvgIpc) is 1.88. The van der Waals surface area contributed by atoms with Gasteiger partial charge in [-0.15, -0.1) is 0 Å². The van der Waals surface area contributed by atoms with Crippen molar-refractivity contribution in [1.29, 1.82) is 0 Å². The van der Waals surface area contributed by atoms with Gasteiger partial charge in [0, 0.05) is 13.2 Å². The molecule has 0 atom stereocenters. The third kappa shape index (κ3) is 17.7. The Kier molecular flexibility index (Phi) is 5.45. The predicted octanol–water partition coefficient (Wildman–Crippen LogP) is 0.691. The molecular formula is C6H14O4S. The van der Waals surface area contributed by atoms with Crippen LogP contribution in [0.25, 0.3) is 0 Å². The first-order chi connectivity index (χ1) is 5.00. The molecule has 1 heterocycles. The predicted molar refractivity (Wildman–Crippen MR) is 42.1 cm³/mol. The Labute approximate surface area is 67.3 Å². The summed E-state index contributed by atoms with van der Waals surface area (Å²) < 4.78 is 30.9. The van der Waals surface area contributed by atoms with Gasteiger partial charge in [0.2, 0.25) is 0 Å². The molecule has 5 heteroatoms. The summed E-state index contributed by atoms with van der Waals surface area (Å²) in [4.78, 5) is 0. The van der Waals surface area contributed by atoms with Gasteiger partial charge in [-0.25, -0.2) is 0 Å². The zero-order valence-corrected chi connectivity index (χ0v) is 7.43. The van der Waals surface area contributed by atoms with E-state index in [9.17, 15) is 8.42 Å². The number of hydrogen-bond donors (Lipinski definition) is 1. The van der Waals surface area contributed by atoms with Gasteiger partial charge in [-0.1, -0.05) is 0 Å². The van der Waals surface area contributed by atoms with Crippen LogP contribution < -0.4 is 0 Å². The van der Waals surface area contributed by atoms with E-state index in [2.05, 4.69) is 0 Å². The van der Waals surface area contributed by atoms with E-state index in [4.69, 9.17) is 9.29 Å². The molecule has 4 nitrogen and oxygen atoms in total. The molecule has 0 bridgehead atoms. The highest BCUT2D eigenvalue weighted by atomic mass is 32.2. The summed E-state index contributed by atoms with van der Waals surface area (Å²) in [5.74, 6) is 0. The molecule has 0 spiro atoms. The molecule has 0 aromatic carbocycles. The van der Waals surface area contributed by atoms with E-state index in [1.165, 1.54) is 19.3 Å². The Hall–Kier alpha value is -0.130. The van der Waals surface area contributed by atoms with Crippen LogP contribution in [0.5, 0.6) is 0 Å². The van der Waals surface area contributed by atoms with Crippen LogP contribution in [0.15, 0.2) is 0 Å². The van der Waals surface area contributed by atoms with Crippen molar-refractivity contribution >= 4 is 10.1 Å². The Morgan fingerprint density at radius 3 is 1.64 bits per heavy atom. The molecule has 1 rings (SSSR count). The third-order valence-electron chi connectivity index (χ3n) is 1.08. The summed E-state index contributed by atoms with van der Waals surface area (Å²) in [6, 6.07) is 0. The van der Waals surface area contributed by atoms with Crippen molar-refractivity contribution in [3.8, 4) is 0 Å². The van der Waals surface area contributed by atoms with Crippen LogP contribution in [0, 0.1) is 0 Å². The molecule has 1 N–H and O–H groups in total. The van der Waals surface area contributed by atoms with E-state index >= 15 is 0 Å². The zero-order chi connectivity index (χ0) is 8.74. The maximum atomic E-state index is 9.19. The Morgan fingerprint density at radius 2 is 1.55 bits per heavy atom. The lowest BCUT2D eigenvalue weighted by atomic mass is 10.2. The molecule has 0 radical (unpaired) electrons. The van der Waals surface area contributed by atoms with Crippen LogP contribution in [-0.2, 0) is 14.9 Å². The summed E-state index contributed by atoms with van der Waals surface area (Å²) >= 11 is 0.